The highest BCUT2D eigenvalue weighted by Crippen LogP contribution is 2.29. The largest absolute Gasteiger partial charge is 0.469 e. The first-order valence-corrected chi connectivity index (χ1v) is 9.48. The van der Waals surface area contributed by atoms with Crippen LogP contribution in [0.15, 0.2) is 91.0 Å². The van der Waals surface area contributed by atoms with Crippen LogP contribution in [0.3, 0.4) is 0 Å². The van der Waals surface area contributed by atoms with Gasteiger partial charge in [-0.15, -0.1) is 0 Å². The average Bonchev–Trinajstić information content (AvgIpc) is 2.78. The minimum absolute atomic E-state index is 0.106. The number of hydrogen-bond acceptors (Lipinski definition) is 3. The molecule has 3 rings (SSSR count). The quantitative estimate of drug-likeness (QED) is 0.587. The topological polar surface area (TPSA) is 58.6 Å². The van der Waals surface area contributed by atoms with Gasteiger partial charge in [0.25, 0.3) is 0 Å². The maximum Gasteiger partial charge on any atom is 0.322 e. The van der Waals surface area contributed by atoms with Crippen LogP contribution in [0, 0.1) is 0 Å². The standard InChI is InChI=1S/C24H24N2O3/c1-29-22(27)17-18-26(24(28)25-21-15-9-4-10-16-21)23(19-11-5-2-6-12-19)20-13-7-3-8-14-20/h2-16,23H,17-18H2,1H3,(H,25,28). The smallest absolute Gasteiger partial charge is 0.322 e. The summed E-state index contributed by atoms with van der Waals surface area (Å²) < 4.78 is 4.79. The summed E-state index contributed by atoms with van der Waals surface area (Å²) in [4.78, 5) is 26.8. The fourth-order valence-corrected chi connectivity index (χ4v) is 3.20. The zero-order chi connectivity index (χ0) is 20.5. The van der Waals surface area contributed by atoms with Crippen molar-refractivity contribution >= 4 is 17.7 Å². The summed E-state index contributed by atoms with van der Waals surface area (Å²) in [5.41, 5.74) is 2.62. The molecular weight excluding hydrogens is 364 g/mol. The van der Waals surface area contributed by atoms with Gasteiger partial charge < -0.3 is 15.0 Å². The van der Waals surface area contributed by atoms with Gasteiger partial charge in [-0.1, -0.05) is 78.9 Å². The Balaban J connectivity index is 1.97. The summed E-state index contributed by atoms with van der Waals surface area (Å²) in [5.74, 6) is -0.359. The number of nitrogens with one attached hydrogen (secondary N) is 1. The lowest BCUT2D eigenvalue weighted by atomic mass is 9.97. The van der Waals surface area contributed by atoms with Crippen molar-refractivity contribution in [3.05, 3.63) is 102 Å². The molecule has 5 nitrogen and oxygen atoms in total. The Labute approximate surface area is 170 Å². The van der Waals surface area contributed by atoms with Gasteiger partial charge in [-0.3, -0.25) is 4.79 Å². The molecule has 29 heavy (non-hydrogen) atoms. The van der Waals surface area contributed by atoms with Crippen LogP contribution in [-0.2, 0) is 9.53 Å². The van der Waals surface area contributed by atoms with Crippen molar-refractivity contribution in [3.63, 3.8) is 0 Å². The molecule has 5 heteroatoms. The molecule has 148 valence electrons. The summed E-state index contributed by atoms with van der Waals surface area (Å²) >= 11 is 0. The maximum atomic E-state index is 13.3. The molecule has 1 N–H and O–H groups in total. The Bertz CT molecular complexity index is 875. The highest BCUT2D eigenvalue weighted by molar-refractivity contribution is 5.90. The van der Waals surface area contributed by atoms with Gasteiger partial charge in [0.15, 0.2) is 0 Å². The number of benzene rings is 3. The first-order chi connectivity index (χ1) is 14.2. The van der Waals surface area contributed by atoms with Gasteiger partial charge in [-0.05, 0) is 23.3 Å². The molecule has 0 aliphatic carbocycles. The van der Waals surface area contributed by atoms with Crippen LogP contribution in [0.4, 0.5) is 10.5 Å². The van der Waals surface area contributed by atoms with E-state index in [9.17, 15) is 9.59 Å². The molecule has 0 atom stereocenters. The minimum Gasteiger partial charge on any atom is -0.469 e. The average molecular weight is 388 g/mol. The summed E-state index contributed by atoms with van der Waals surface area (Å²) in [6, 6.07) is 28.2. The van der Waals surface area contributed by atoms with Gasteiger partial charge in [0, 0.05) is 12.2 Å². The fraction of sp³-hybridized carbons (Fsp3) is 0.167. The molecule has 0 fully saturated rings. The molecule has 0 aromatic heterocycles. The van der Waals surface area contributed by atoms with Gasteiger partial charge in [0.1, 0.15) is 0 Å². The first-order valence-electron chi connectivity index (χ1n) is 9.48. The number of hydrogen-bond donors (Lipinski definition) is 1. The number of anilines is 1. The number of carbonyl (C=O) groups excluding carboxylic acids is 2. The number of carbonyl (C=O) groups is 2. The number of esters is 1. The van der Waals surface area contributed by atoms with Gasteiger partial charge in [-0.25, -0.2) is 4.79 Å². The van der Waals surface area contributed by atoms with E-state index < -0.39 is 0 Å². The van der Waals surface area contributed by atoms with Crippen molar-refractivity contribution in [3.8, 4) is 0 Å². The Morgan fingerprint density at radius 2 is 1.31 bits per heavy atom. The zero-order valence-corrected chi connectivity index (χ0v) is 16.3. The molecule has 0 heterocycles. The van der Waals surface area contributed by atoms with Crippen molar-refractivity contribution in [1.82, 2.24) is 4.90 Å². The molecular formula is C24H24N2O3. The normalized spacial score (nSPS) is 10.4. The molecule has 0 bridgehead atoms. The van der Waals surface area contributed by atoms with Crippen LogP contribution in [0.1, 0.15) is 23.6 Å². The Morgan fingerprint density at radius 3 is 1.79 bits per heavy atom. The lowest BCUT2D eigenvalue weighted by Gasteiger charge is -2.32. The van der Waals surface area contributed by atoms with Crippen molar-refractivity contribution in [2.75, 3.05) is 19.0 Å². The highest BCUT2D eigenvalue weighted by atomic mass is 16.5. The lowest BCUT2D eigenvalue weighted by molar-refractivity contribution is -0.140. The summed E-state index contributed by atoms with van der Waals surface area (Å²) in [6.45, 7) is 0.222. The van der Waals surface area contributed by atoms with Crippen LogP contribution in [0.5, 0.6) is 0 Å². The second-order valence-corrected chi connectivity index (χ2v) is 6.54. The third-order valence-corrected chi connectivity index (χ3v) is 4.61. The SMILES string of the molecule is COC(=O)CCN(C(=O)Nc1ccccc1)C(c1ccccc1)c1ccccc1. The van der Waals surface area contributed by atoms with Gasteiger partial charge in [0.05, 0.1) is 19.6 Å². The van der Waals surface area contributed by atoms with Crippen LogP contribution < -0.4 is 5.32 Å². The van der Waals surface area contributed by atoms with Gasteiger partial charge in [-0.2, -0.15) is 0 Å². The minimum atomic E-state index is -0.359. The second-order valence-electron chi connectivity index (χ2n) is 6.54. The molecule has 0 saturated heterocycles. The third kappa shape index (κ3) is 5.45. The third-order valence-electron chi connectivity index (χ3n) is 4.61. The molecule has 0 aliphatic rings. The Hall–Kier alpha value is -3.60. The lowest BCUT2D eigenvalue weighted by Crippen LogP contribution is -2.40. The number of para-hydroxylation sites is 1. The van der Waals surface area contributed by atoms with E-state index in [1.54, 1.807) is 4.90 Å². The van der Waals surface area contributed by atoms with Crippen molar-refractivity contribution in [2.45, 2.75) is 12.5 Å². The number of methoxy groups -OCH3 is 1. The summed E-state index contributed by atoms with van der Waals surface area (Å²) in [5, 5.41) is 2.94. The van der Waals surface area contributed by atoms with Crippen molar-refractivity contribution in [2.24, 2.45) is 0 Å². The molecule has 0 spiro atoms. The number of ether oxygens (including phenoxy) is 1. The van der Waals surface area contributed by atoms with Gasteiger partial charge in [0.2, 0.25) is 0 Å². The second kappa shape index (κ2) is 10.1. The maximum absolute atomic E-state index is 13.3. The van der Waals surface area contributed by atoms with E-state index in [0.717, 1.165) is 11.1 Å². The van der Waals surface area contributed by atoms with E-state index in [1.165, 1.54) is 7.11 Å². The van der Waals surface area contributed by atoms with Crippen molar-refractivity contribution in [1.29, 1.82) is 0 Å². The van der Waals surface area contributed by atoms with Crippen LogP contribution in [-0.4, -0.2) is 30.6 Å². The predicted octanol–water partition coefficient (Wildman–Crippen LogP) is 4.87. The van der Waals surface area contributed by atoms with E-state index in [2.05, 4.69) is 5.32 Å². The zero-order valence-electron chi connectivity index (χ0n) is 16.3. The molecule has 3 aromatic rings. The molecule has 0 aliphatic heterocycles. The molecule has 0 unspecified atom stereocenters. The van der Waals surface area contributed by atoms with E-state index in [4.69, 9.17) is 4.74 Å². The number of amides is 2. The van der Waals surface area contributed by atoms with E-state index in [1.807, 2.05) is 91.0 Å². The van der Waals surface area contributed by atoms with Crippen LogP contribution in [0.25, 0.3) is 0 Å². The molecule has 0 saturated carbocycles. The van der Waals surface area contributed by atoms with Gasteiger partial charge >= 0.3 is 12.0 Å². The number of nitrogens with zero attached hydrogens (tertiary/aromatic N) is 1. The predicted molar refractivity (Wildman–Crippen MR) is 114 cm³/mol. The van der Waals surface area contributed by atoms with E-state index >= 15 is 0 Å². The van der Waals surface area contributed by atoms with E-state index in [-0.39, 0.29) is 31.0 Å². The fourth-order valence-electron chi connectivity index (χ4n) is 3.20. The highest BCUT2D eigenvalue weighted by Gasteiger charge is 2.27. The first kappa shape index (κ1) is 20.1. The summed E-state index contributed by atoms with van der Waals surface area (Å²) in [7, 11) is 1.35. The molecule has 0 radical (unpaired) electrons. The van der Waals surface area contributed by atoms with E-state index in [0.29, 0.717) is 5.69 Å². The molecule has 2 amide bonds. The van der Waals surface area contributed by atoms with Crippen LogP contribution >= 0.6 is 0 Å². The number of rotatable bonds is 7. The van der Waals surface area contributed by atoms with Crippen molar-refractivity contribution < 1.29 is 14.3 Å². The number of urea groups is 1. The molecule has 3 aromatic carbocycles. The monoisotopic (exact) mass is 388 g/mol. The summed E-state index contributed by atoms with van der Waals surface area (Å²) in [6.07, 6.45) is 0.106. The van der Waals surface area contributed by atoms with Crippen LogP contribution in [0.2, 0.25) is 0 Å². The Kier molecular flexibility index (Phi) is 7.00. The Morgan fingerprint density at radius 1 is 0.828 bits per heavy atom.